The highest BCUT2D eigenvalue weighted by Gasteiger charge is 2.32. The van der Waals surface area contributed by atoms with Crippen molar-refractivity contribution in [2.75, 3.05) is 27.4 Å². The van der Waals surface area contributed by atoms with Gasteiger partial charge in [-0.2, -0.15) is 0 Å². The molecule has 3 aromatic carbocycles. The zero-order valence-corrected chi connectivity index (χ0v) is 18.8. The summed E-state index contributed by atoms with van der Waals surface area (Å²) < 4.78 is 15.4. The molecule has 8 heteroatoms. The van der Waals surface area contributed by atoms with Gasteiger partial charge in [0.25, 0.3) is 11.8 Å². The fourth-order valence-corrected chi connectivity index (χ4v) is 3.99. The number of carbonyl (C=O) groups is 4. The van der Waals surface area contributed by atoms with Gasteiger partial charge in [-0.25, -0.2) is 0 Å². The lowest BCUT2D eigenvalue weighted by Crippen LogP contribution is -2.41. The van der Waals surface area contributed by atoms with Gasteiger partial charge in [-0.15, -0.1) is 0 Å². The Balaban J connectivity index is 1.34. The van der Waals surface area contributed by atoms with E-state index in [1.807, 2.05) is 12.1 Å². The number of ketones is 1. The molecule has 1 aliphatic heterocycles. The van der Waals surface area contributed by atoms with Crippen molar-refractivity contribution in [2.24, 2.45) is 0 Å². The van der Waals surface area contributed by atoms with Crippen LogP contribution in [-0.2, 0) is 9.53 Å². The van der Waals surface area contributed by atoms with Gasteiger partial charge in [-0.05, 0) is 42.1 Å². The number of hydrogen-bond donors (Lipinski definition) is 0. The van der Waals surface area contributed by atoms with Crippen LogP contribution in [0.2, 0.25) is 0 Å². The number of nitrogens with zero attached hydrogens (tertiary/aromatic N) is 1. The van der Waals surface area contributed by atoms with Gasteiger partial charge < -0.3 is 14.2 Å². The SMILES string of the molecule is COc1ccc(OC)c(C(=O)COC(=O)CCCN2C(=O)c3cccc4cccc(c34)C2=O)c1. The van der Waals surface area contributed by atoms with E-state index >= 15 is 0 Å². The highest BCUT2D eigenvalue weighted by atomic mass is 16.5. The zero-order chi connectivity index (χ0) is 24.2. The minimum Gasteiger partial charge on any atom is -0.497 e. The first-order valence-corrected chi connectivity index (χ1v) is 10.7. The maximum Gasteiger partial charge on any atom is 0.306 e. The summed E-state index contributed by atoms with van der Waals surface area (Å²) in [5.41, 5.74) is 1.17. The second-order valence-corrected chi connectivity index (χ2v) is 7.72. The molecule has 0 aliphatic carbocycles. The minimum absolute atomic E-state index is 0.0502. The van der Waals surface area contributed by atoms with Gasteiger partial charge in [0.05, 0.1) is 19.8 Å². The third-order valence-corrected chi connectivity index (χ3v) is 5.69. The minimum atomic E-state index is -0.602. The largest absolute Gasteiger partial charge is 0.497 e. The monoisotopic (exact) mass is 461 g/mol. The third kappa shape index (κ3) is 4.34. The van der Waals surface area contributed by atoms with Crippen LogP contribution in [0.1, 0.15) is 43.9 Å². The number of ether oxygens (including phenoxy) is 3. The highest BCUT2D eigenvalue weighted by Crippen LogP contribution is 2.30. The first-order valence-electron chi connectivity index (χ1n) is 10.7. The predicted octanol–water partition coefficient (Wildman–Crippen LogP) is 3.66. The molecule has 4 rings (SSSR count). The molecule has 34 heavy (non-hydrogen) atoms. The zero-order valence-electron chi connectivity index (χ0n) is 18.8. The molecule has 0 N–H and O–H groups in total. The fraction of sp³-hybridized carbons (Fsp3) is 0.231. The Kier molecular flexibility index (Phi) is 6.58. The lowest BCUT2D eigenvalue weighted by Gasteiger charge is -2.27. The van der Waals surface area contributed by atoms with E-state index in [-0.39, 0.29) is 36.8 Å². The fourth-order valence-electron chi connectivity index (χ4n) is 3.99. The summed E-state index contributed by atoms with van der Waals surface area (Å²) in [6.07, 6.45) is 0.163. The van der Waals surface area contributed by atoms with E-state index in [2.05, 4.69) is 0 Å². The molecule has 2 amide bonds. The van der Waals surface area contributed by atoms with Crippen molar-refractivity contribution in [3.05, 3.63) is 71.3 Å². The molecule has 0 aromatic heterocycles. The number of esters is 1. The molecule has 3 aromatic rings. The Hall–Kier alpha value is -4.20. The Morgan fingerprint density at radius 1 is 0.882 bits per heavy atom. The number of imide groups is 1. The molecule has 0 radical (unpaired) electrons. The lowest BCUT2D eigenvalue weighted by atomic mass is 9.94. The van der Waals surface area contributed by atoms with E-state index in [1.54, 1.807) is 36.4 Å². The van der Waals surface area contributed by atoms with Gasteiger partial charge in [-0.3, -0.25) is 24.1 Å². The molecule has 0 saturated heterocycles. The number of benzene rings is 3. The van der Waals surface area contributed by atoms with Gasteiger partial charge >= 0.3 is 5.97 Å². The van der Waals surface area contributed by atoms with E-state index < -0.39 is 18.4 Å². The van der Waals surface area contributed by atoms with Crippen LogP contribution in [0.15, 0.2) is 54.6 Å². The highest BCUT2D eigenvalue weighted by molar-refractivity contribution is 6.25. The maximum atomic E-state index is 12.9. The van der Waals surface area contributed by atoms with E-state index in [4.69, 9.17) is 14.2 Å². The number of rotatable bonds is 9. The average molecular weight is 461 g/mol. The molecule has 174 valence electrons. The number of carbonyl (C=O) groups excluding carboxylic acids is 4. The van der Waals surface area contributed by atoms with Crippen LogP contribution in [0.25, 0.3) is 10.8 Å². The Morgan fingerprint density at radius 3 is 2.18 bits per heavy atom. The summed E-state index contributed by atoms with van der Waals surface area (Å²) in [6.45, 7) is -0.394. The van der Waals surface area contributed by atoms with Gasteiger partial charge in [0, 0.05) is 29.5 Å². The van der Waals surface area contributed by atoms with Crippen molar-refractivity contribution >= 4 is 34.3 Å². The number of amides is 2. The Labute approximate surface area is 196 Å². The van der Waals surface area contributed by atoms with Crippen molar-refractivity contribution in [1.29, 1.82) is 0 Å². The van der Waals surface area contributed by atoms with Crippen LogP contribution in [0.3, 0.4) is 0 Å². The molecule has 0 spiro atoms. The first kappa shape index (κ1) is 23.0. The predicted molar refractivity (Wildman–Crippen MR) is 123 cm³/mol. The normalized spacial score (nSPS) is 12.6. The molecule has 0 unspecified atom stereocenters. The topological polar surface area (TPSA) is 99.2 Å². The van der Waals surface area contributed by atoms with Crippen LogP contribution in [0.5, 0.6) is 11.5 Å². The second-order valence-electron chi connectivity index (χ2n) is 7.72. The van der Waals surface area contributed by atoms with Gasteiger partial charge in [0.2, 0.25) is 5.78 Å². The van der Waals surface area contributed by atoms with Crippen LogP contribution in [-0.4, -0.2) is 55.8 Å². The van der Waals surface area contributed by atoms with E-state index in [9.17, 15) is 19.2 Å². The molecule has 1 aliphatic rings. The quantitative estimate of drug-likeness (QED) is 0.272. The van der Waals surface area contributed by atoms with Gasteiger partial charge in [-0.1, -0.05) is 24.3 Å². The average Bonchev–Trinajstić information content (AvgIpc) is 2.87. The standard InChI is InChI=1S/C26H23NO7/c1-32-17-11-12-22(33-2)20(14-17)21(28)15-34-23(29)10-5-13-27-25(30)18-8-3-6-16-7-4-9-19(24(16)18)26(27)31/h3-4,6-9,11-12,14H,5,10,13,15H2,1-2H3. The van der Waals surface area contributed by atoms with E-state index in [0.717, 1.165) is 10.3 Å². The molecule has 0 atom stereocenters. The molecule has 0 bridgehead atoms. The van der Waals surface area contributed by atoms with Crippen LogP contribution in [0, 0.1) is 0 Å². The smallest absolute Gasteiger partial charge is 0.306 e. The molecule has 0 saturated carbocycles. The van der Waals surface area contributed by atoms with Crippen molar-refractivity contribution in [3.63, 3.8) is 0 Å². The van der Waals surface area contributed by atoms with Crippen LogP contribution in [0.4, 0.5) is 0 Å². The molecular weight excluding hydrogens is 438 g/mol. The summed E-state index contributed by atoms with van der Waals surface area (Å²) in [5, 5.41) is 1.49. The van der Waals surface area contributed by atoms with Crippen molar-refractivity contribution in [1.82, 2.24) is 4.90 Å². The number of Topliss-reactive ketones (excluding diaryl/α,β-unsaturated/α-hetero) is 1. The number of hydrogen-bond acceptors (Lipinski definition) is 7. The third-order valence-electron chi connectivity index (χ3n) is 5.69. The molecule has 8 nitrogen and oxygen atoms in total. The van der Waals surface area contributed by atoms with Gasteiger partial charge in [0.1, 0.15) is 11.5 Å². The summed E-state index contributed by atoms with van der Waals surface area (Å²) in [6, 6.07) is 15.4. The van der Waals surface area contributed by atoms with Crippen molar-refractivity contribution in [3.8, 4) is 11.5 Å². The van der Waals surface area contributed by atoms with Crippen molar-refractivity contribution < 1.29 is 33.4 Å². The molecular formula is C26H23NO7. The maximum absolute atomic E-state index is 12.9. The van der Waals surface area contributed by atoms with Crippen LogP contribution < -0.4 is 9.47 Å². The van der Waals surface area contributed by atoms with E-state index in [1.165, 1.54) is 20.3 Å². The Morgan fingerprint density at radius 2 is 1.56 bits per heavy atom. The molecule has 0 fully saturated rings. The summed E-state index contributed by atoms with van der Waals surface area (Å²) in [4.78, 5) is 51.6. The lowest BCUT2D eigenvalue weighted by molar-refractivity contribution is -0.142. The van der Waals surface area contributed by atoms with E-state index in [0.29, 0.717) is 28.0 Å². The summed E-state index contributed by atoms with van der Waals surface area (Å²) >= 11 is 0. The summed E-state index contributed by atoms with van der Waals surface area (Å²) in [7, 11) is 2.92. The first-order chi connectivity index (χ1) is 16.4. The Bertz CT molecular complexity index is 1250. The second kappa shape index (κ2) is 9.74. The van der Waals surface area contributed by atoms with Crippen molar-refractivity contribution in [2.45, 2.75) is 12.8 Å². The summed E-state index contributed by atoms with van der Waals surface area (Å²) in [5.74, 6) is -0.987. The van der Waals surface area contributed by atoms with Gasteiger partial charge in [0.15, 0.2) is 6.61 Å². The molecule has 1 heterocycles. The van der Waals surface area contributed by atoms with Crippen LogP contribution >= 0.6 is 0 Å². The number of methoxy groups -OCH3 is 2.